The first-order valence-corrected chi connectivity index (χ1v) is 14.3. The molecule has 3 aromatic rings. The number of likely N-dealkylation sites (tertiary alicyclic amines) is 1. The third-order valence-electron chi connectivity index (χ3n) is 7.88. The van der Waals surface area contributed by atoms with Crippen molar-refractivity contribution in [3.05, 3.63) is 54.0 Å². The number of hydrogen-bond acceptors (Lipinski definition) is 7. The molecule has 5 rings (SSSR count). The Balaban J connectivity index is 0.000000748. The van der Waals surface area contributed by atoms with Crippen molar-refractivity contribution >= 4 is 17.5 Å². The standard InChI is InChI=1S/C27H34F3N7.C3H7NO/c1-26(2,3)20-8-11-36(16-20)15-19-5-4-18(12-23(19)27(28,29)30)24-7-10-32-25(35-24)34-21-13-33-37(17-21)22-6-9-31-14-22;1-3(5)4-2/h4-5,7,10,12-13,17,20,22,31H,6,8-9,11,14-16H2,1-3H3,(H,32,34,35);1-2H3,(H,4,5)/t20?,22-;/m0./s1. The van der Waals surface area contributed by atoms with E-state index >= 15 is 0 Å². The SMILES string of the molecule is CC(C)(C)C1CCN(Cc2ccc(-c3ccnc(Nc4cnn([C@H]5CCNC5)c4)n3)cc2C(F)(F)F)C1.CNC(C)=O. The molecule has 228 valence electrons. The summed E-state index contributed by atoms with van der Waals surface area (Å²) in [5, 5.41) is 13.2. The molecule has 2 atom stereocenters. The zero-order valence-electron chi connectivity index (χ0n) is 24.9. The van der Waals surface area contributed by atoms with Crippen LogP contribution in [0.15, 0.2) is 42.9 Å². The van der Waals surface area contributed by atoms with E-state index in [2.05, 4.69) is 56.7 Å². The largest absolute Gasteiger partial charge is 0.416 e. The Labute approximate surface area is 245 Å². The van der Waals surface area contributed by atoms with Gasteiger partial charge in [0.25, 0.3) is 0 Å². The van der Waals surface area contributed by atoms with Gasteiger partial charge < -0.3 is 16.0 Å². The van der Waals surface area contributed by atoms with Gasteiger partial charge in [0.2, 0.25) is 11.9 Å². The van der Waals surface area contributed by atoms with Crippen molar-refractivity contribution < 1.29 is 18.0 Å². The Morgan fingerprint density at radius 2 is 1.93 bits per heavy atom. The summed E-state index contributed by atoms with van der Waals surface area (Å²) in [4.78, 5) is 20.6. The van der Waals surface area contributed by atoms with E-state index in [0.29, 0.717) is 41.3 Å². The number of carbonyl (C=O) groups excluding carboxylic acids is 1. The first-order chi connectivity index (χ1) is 19.8. The monoisotopic (exact) mass is 586 g/mol. The number of hydrogen-bond donors (Lipinski definition) is 3. The Kier molecular flexibility index (Phi) is 9.88. The van der Waals surface area contributed by atoms with Crippen molar-refractivity contribution in [2.24, 2.45) is 11.3 Å². The van der Waals surface area contributed by atoms with E-state index in [4.69, 9.17) is 0 Å². The lowest BCUT2D eigenvalue weighted by Gasteiger charge is -2.27. The van der Waals surface area contributed by atoms with Gasteiger partial charge in [-0.05, 0) is 55.0 Å². The highest BCUT2D eigenvalue weighted by Crippen LogP contribution is 2.38. The molecule has 42 heavy (non-hydrogen) atoms. The van der Waals surface area contributed by atoms with Gasteiger partial charge in [-0.25, -0.2) is 9.97 Å². The van der Waals surface area contributed by atoms with Gasteiger partial charge in [-0.1, -0.05) is 32.9 Å². The summed E-state index contributed by atoms with van der Waals surface area (Å²) < 4.78 is 44.2. The smallest absolute Gasteiger partial charge is 0.359 e. The van der Waals surface area contributed by atoms with Crippen LogP contribution in [0.5, 0.6) is 0 Å². The number of benzene rings is 1. The van der Waals surface area contributed by atoms with Gasteiger partial charge in [-0.15, -0.1) is 0 Å². The first kappa shape index (κ1) is 31.4. The number of carbonyl (C=O) groups is 1. The second-order valence-electron chi connectivity index (χ2n) is 12.0. The molecule has 0 aliphatic carbocycles. The highest BCUT2D eigenvalue weighted by atomic mass is 19.4. The molecule has 0 bridgehead atoms. The first-order valence-electron chi connectivity index (χ1n) is 14.3. The number of alkyl halides is 3. The van der Waals surface area contributed by atoms with Gasteiger partial charge in [0.05, 0.1) is 29.2 Å². The number of aromatic nitrogens is 4. The average Bonchev–Trinajstić information content (AvgIpc) is 3.71. The molecule has 0 radical (unpaired) electrons. The van der Waals surface area contributed by atoms with Crippen molar-refractivity contribution in [1.82, 2.24) is 35.3 Å². The minimum atomic E-state index is -4.45. The maximum atomic E-state index is 14.1. The van der Waals surface area contributed by atoms with Crippen molar-refractivity contribution in [3.8, 4) is 11.3 Å². The molecule has 2 aromatic heterocycles. The summed E-state index contributed by atoms with van der Waals surface area (Å²) in [5.74, 6) is 0.796. The summed E-state index contributed by atoms with van der Waals surface area (Å²) in [5.41, 5.74) is 1.40. The number of nitrogens with one attached hydrogen (secondary N) is 3. The summed E-state index contributed by atoms with van der Waals surface area (Å²) in [6, 6.07) is 6.46. The molecule has 1 amide bonds. The molecule has 2 saturated heterocycles. The zero-order chi connectivity index (χ0) is 30.5. The highest BCUT2D eigenvalue weighted by molar-refractivity contribution is 5.72. The topological polar surface area (TPSA) is 100 Å². The summed E-state index contributed by atoms with van der Waals surface area (Å²) in [6.45, 7) is 11.8. The second kappa shape index (κ2) is 13.2. The molecule has 0 spiro atoms. The van der Waals surface area contributed by atoms with Crippen LogP contribution < -0.4 is 16.0 Å². The average molecular weight is 587 g/mol. The second-order valence-corrected chi connectivity index (χ2v) is 12.0. The molecule has 2 fully saturated rings. The molecule has 2 aliphatic rings. The van der Waals surface area contributed by atoms with Gasteiger partial charge in [-0.3, -0.25) is 14.4 Å². The minimum Gasteiger partial charge on any atom is -0.359 e. The zero-order valence-corrected chi connectivity index (χ0v) is 24.9. The van der Waals surface area contributed by atoms with Crippen LogP contribution in [-0.2, 0) is 17.5 Å². The third kappa shape index (κ3) is 8.28. The minimum absolute atomic E-state index is 0.00463. The van der Waals surface area contributed by atoms with Crippen molar-refractivity contribution in [1.29, 1.82) is 0 Å². The molecular formula is C30H41F3N8O. The van der Waals surface area contributed by atoms with Crippen molar-refractivity contribution in [3.63, 3.8) is 0 Å². The number of nitrogens with zero attached hydrogens (tertiary/aromatic N) is 5. The van der Waals surface area contributed by atoms with Crippen LogP contribution in [0.25, 0.3) is 11.3 Å². The fourth-order valence-electron chi connectivity index (χ4n) is 5.24. The summed E-state index contributed by atoms with van der Waals surface area (Å²) in [7, 11) is 1.60. The van der Waals surface area contributed by atoms with Gasteiger partial charge in [0, 0.05) is 51.6 Å². The molecule has 4 heterocycles. The predicted molar refractivity (Wildman–Crippen MR) is 157 cm³/mol. The maximum absolute atomic E-state index is 14.1. The maximum Gasteiger partial charge on any atom is 0.416 e. The van der Waals surface area contributed by atoms with E-state index in [1.54, 1.807) is 37.6 Å². The van der Waals surface area contributed by atoms with Gasteiger partial charge >= 0.3 is 6.18 Å². The highest BCUT2D eigenvalue weighted by Gasteiger charge is 2.36. The van der Waals surface area contributed by atoms with E-state index in [-0.39, 0.29) is 11.3 Å². The lowest BCUT2D eigenvalue weighted by atomic mass is 9.80. The van der Waals surface area contributed by atoms with Gasteiger partial charge in [0.1, 0.15) is 0 Å². The molecule has 0 saturated carbocycles. The predicted octanol–water partition coefficient (Wildman–Crippen LogP) is 5.26. The number of amides is 1. The van der Waals surface area contributed by atoms with E-state index in [9.17, 15) is 18.0 Å². The van der Waals surface area contributed by atoms with Gasteiger partial charge in [-0.2, -0.15) is 18.3 Å². The Bertz CT molecular complexity index is 1340. The Morgan fingerprint density at radius 1 is 1.17 bits per heavy atom. The normalized spacial score (nSPS) is 19.3. The summed E-state index contributed by atoms with van der Waals surface area (Å²) in [6.07, 6.45) is 2.72. The van der Waals surface area contributed by atoms with Crippen LogP contribution in [0.2, 0.25) is 0 Å². The molecule has 1 unspecified atom stereocenters. The Hall–Kier alpha value is -3.51. The van der Waals surface area contributed by atoms with E-state index < -0.39 is 11.7 Å². The van der Waals surface area contributed by atoms with Crippen molar-refractivity contribution in [2.45, 2.75) is 59.3 Å². The van der Waals surface area contributed by atoms with Gasteiger partial charge in [0.15, 0.2) is 0 Å². The molecule has 1 aromatic carbocycles. The van der Waals surface area contributed by atoms with E-state index in [1.807, 2.05) is 10.9 Å². The van der Waals surface area contributed by atoms with Crippen LogP contribution in [0.4, 0.5) is 24.8 Å². The molecule has 3 N–H and O–H groups in total. The van der Waals surface area contributed by atoms with E-state index in [1.165, 1.54) is 13.0 Å². The molecular weight excluding hydrogens is 545 g/mol. The van der Waals surface area contributed by atoms with Crippen LogP contribution in [0.1, 0.15) is 57.7 Å². The van der Waals surface area contributed by atoms with Crippen molar-refractivity contribution in [2.75, 3.05) is 38.5 Å². The quantitative estimate of drug-likeness (QED) is 0.363. The molecule has 9 nitrogen and oxygen atoms in total. The van der Waals surface area contributed by atoms with Crippen LogP contribution in [0, 0.1) is 11.3 Å². The molecule has 12 heteroatoms. The fraction of sp³-hybridized carbons (Fsp3) is 0.533. The lowest BCUT2D eigenvalue weighted by Crippen LogP contribution is -2.26. The number of halogens is 3. The number of rotatable bonds is 6. The summed E-state index contributed by atoms with van der Waals surface area (Å²) >= 11 is 0. The third-order valence-corrected chi connectivity index (χ3v) is 7.88. The van der Waals surface area contributed by atoms with E-state index in [0.717, 1.165) is 44.7 Å². The number of anilines is 2. The Morgan fingerprint density at radius 3 is 2.55 bits per heavy atom. The van der Waals surface area contributed by atoms with Crippen LogP contribution in [-0.4, -0.2) is 63.8 Å². The lowest BCUT2D eigenvalue weighted by molar-refractivity contribution is -0.138. The van der Waals surface area contributed by atoms with Crippen LogP contribution in [0.3, 0.4) is 0 Å². The molecule has 2 aliphatic heterocycles. The fourth-order valence-corrected chi connectivity index (χ4v) is 5.24. The van der Waals surface area contributed by atoms with Crippen LogP contribution >= 0.6 is 0 Å².